The van der Waals surface area contributed by atoms with E-state index >= 15 is 0 Å². The fourth-order valence-electron chi connectivity index (χ4n) is 3.13. The summed E-state index contributed by atoms with van der Waals surface area (Å²) in [6.45, 7) is -0.250. The fraction of sp³-hybridized carbons (Fsp3) is 0.238. The highest BCUT2D eigenvalue weighted by molar-refractivity contribution is 8.01. The van der Waals surface area contributed by atoms with Gasteiger partial charge in [0.05, 0.1) is 37.1 Å². The number of thioether (sulfide) groups is 1. The van der Waals surface area contributed by atoms with Crippen LogP contribution in [-0.4, -0.2) is 63.1 Å². The number of anilines is 2. The van der Waals surface area contributed by atoms with E-state index in [9.17, 15) is 18.0 Å². The van der Waals surface area contributed by atoms with Gasteiger partial charge < -0.3 is 14.2 Å². The molecule has 0 radical (unpaired) electrons. The summed E-state index contributed by atoms with van der Waals surface area (Å²) in [6.07, 6.45) is -1.15. The maximum absolute atomic E-state index is 13.5. The number of fused-ring (bicyclic) bond motifs is 1. The van der Waals surface area contributed by atoms with Crippen molar-refractivity contribution in [1.82, 2.24) is 10.2 Å². The van der Waals surface area contributed by atoms with Crippen LogP contribution >= 0.6 is 23.1 Å². The lowest BCUT2D eigenvalue weighted by Crippen LogP contribution is -2.48. The monoisotopic (exact) mass is 536 g/mol. The van der Waals surface area contributed by atoms with Crippen molar-refractivity contribution < 1.29 is 32.2 Å². The van der Waals surface area contributed by atoms with Crippen molar-refractivity contribution in [3.63, 3.8) is 0 Å². The predicted octanol–water partition coefficient (Wildman–Crippen LogP) is 2.41. The molecule has 1 aliphatic rings. The number of aromatic nitrogens is 2. The maximum Gasteiger partial charge on any atom is 0.316 e. The molecule has 4 rings (SSSR count). The molecule has 2 heterocycles. The Hall–Kier alpha value is -3.36. The van der Waals surface area contributed by atoms with Crippen LogP contribution in [0.25, 0.3) is 0 Å². The highest BCUT2D eigenvalue weighted by Crippen LogP contribution is 2.37. The molecular weight excluding hydrogens is 516 g/mol. The van der Waals surface area contributed by atoms with Crippen molar-refractivity contribution >= 4 is 55.8 Å². The largest absolute Gasteiger partial charge is 0.497 e. The molecule has 0 fully saturated rings. The molecule has 0 spiro atoms. The van der Waals surface area contributed by atoms with E-state index in [0.717, 1.165) is 27.4 Å². The van der Waals surface area contributed by atoms with Crippen LogP contribution in [0.4, 0.5) is 10.8 Å². The number of sulfonamides is 1. The van der Waals surface area contributed by atoms with E-state index in [-0.39, 0.29) is 28.1 Å². The van der Waals surface area contributed by atoms with Crippen molar-refractivity contribution in [3.8, 4) is 11.5 Å². The zero-order chi connectivity index (χ0) is 25.0. The molecule has 0 unspecified atom stereocenters. The van der Waals surface area contributed by atoms with Gasteiger partial charge in [-0.15, -0.1) is 10.2 Å². The van der Waals surface area contributed by atoms with Gasteiger partial charge in [0.2, 0.25) is 5.13 Å². The lowest BCUT2D eigenvalue weighted by atomic mass is 10.2. The van der Waals surface area contributed by atoms with Gasteiger partial charge in [0.25, 0.3) is 15.9 Å². The molecule has 1 atom stereocenters. The van der Waals surface area contributed by atoms with E-state index in [1.807, 2.05) is 0 Å². The minimum atomic E-state index is -4.01. The Morgan fingerprint density at radius 1 is 1.17 bits per heavy atom. The summed E-state index contributed by atoms with van der Waals surface area (Å²) < 4.78 is 44.1. The van der Waals surface area contributed by atoms with E-state index in [1.54, 1.807) is 36.4 Å². The number of carbonyl (C=O) groups excluding carboxylic acids is 2. The average Bonchev–Trinajstić information content (AvgIpc) is 3.33. The van der Waals surface area contributed by atoms with E-state index in [0.29, 0.717) is 15.8 Å². The summed E-state index contributed by atoms with van der Waals surface area (Å²) in [5.74, 6) is -0.176. The molecule has 0 saturated carbocycles. The van der Waals surface area contributed by atoms with Crippen molar-refractivity contribution in [2.75, 3.05) is 36.1 Å². The number of rotatable bonds is 8. The first-order chi connectivity index (χ1) is 16.8. The van der Waals surface area contributed by atoms with Gasteiger partial charge in [-0.1, -0.05) is 35.2 Å². The first-order valence-corrected chi connectivity index (χ1v) is 13.3. The number of nitrogens with zero attached hydrogens (tertiary/aromatic N) is 3. The molecule has 0 saturated heterocycles. The van der Waals surface area contributed by atoms with E-state index in [2.05, 4.69) is 20.3 Å². The molecular formula is C21H20N4O7S3. The summed E-state index contributed by atoms with van der Waals surface area (Å²) in [7, 11) is -1.23. The van der Waals surface area contributed by atoms with Crippen molar-refractivity contribution in [1.29, 1.82) is 0 Å². The summed E-state index contributed by atoms with van der Waals surface area (Å²) in [6, 6.07) is 12.6. The molecule has 2 aromatic carbocycles. The molecule has 0 bridgehead atoms. The van der Waals surface area contributed by atoms with Gasteiger partial charge in [0.15, 0.2) is 10.4 Å². The van der Waals surface area contributed by atoms with Gasteiger partial charge in [-0.3, -0.25) is 19.2 Å². The predicted molar refractivity (Wildman–Crippen MR) is 130 cm³/mol. The van der Waals surface area contributed by atoms with Gasteiger partial charge in [-0.25, -0.2) is 8.42 Å². The zero-order valence-corrected chi connectivity index (χ0v) is 21.0. The Morgan fingerprint density at radius 2 is 1.91 bits per heavy atom. The van der Waals surface area contributed by atoms with Crippen LogP contribution in [-0.2, 0) is 24.3 Å². The van der Waals surface area contributed by atoms with Crippen molar-refractivity contribution in [3.05, 3.63) is 48.5 Å². The third kappa shape index (κ3) is 5.49. The van der Waals surface area contributed by atoms with Crippen molar-refractivity contribution in [2.24, 2.45) is 0 Å². The summed E-state index contributed by atoms with van der Waals surface area (Å²) >= 11 is 2.19. The minimum Gasteiger partial charge on any atom is -0.497 e. The Bertz CT molecular complexity index is 1330. The highest BCUT2D eigenvalue weighted by atomic mass is 32.2. The highest BCUT2D eigenvalue weighted by Gasteiger charge is 2.37. The zero-order valence-electron chi connectivity index (χ0n) is 18.5. The molecule has 0 aliphatic carbocycles. The number of methoxy groups -OCH3 is 2. The van der Waals surface area contributed by atoms with Crippen LogP contribution in [0.3, 0.4) is 0 Å². The second-order valence-electron chi connectivity index (χ2n) is 7.01. The number of carbonyl (C=O) groups is 2. The summed E-state index contributed by atoms with van der Waals surface area (Å²) in [4.78, 5) is 24.3. The third-order valence-electron chi connectivity index (χ3n) is 4.85. The Morgan fingerprint density at radius 3 is 2.63 bits per heavy atom. The van der Waals surface area contributed by atoms with Gasteiger partial charge in [0, 0.05) is 0 Å². The number of ether oxygens (including phenoxy) is 3. The van der Waals surface area contributed by atoms with E-state index in [1.165, 1.54) is 26.4 Å². The molecule has 1 N–H and O–H groups in total. The van der Waals surface area contributed by atoms with Gasteiger partial charge in [0.1, 0.15) is 11.5 Å². The third-order valence-corrected chi connectivity index (χ3v) is 8.59. The van der Waals surface area contributed by atoms with E-state index < -0.39 is 28.0 Å². The molecule has 14 heteroatoms. The van der Waals surface area contributed by atoms with Crippen LogP contribution in [0.2, 0.25) is 0 Å². The quantitative estimate of drug-likeness (QED) is 0.260. The topological polar surface area (TPSA) is 137 Å². The Labute approximate surface area is 209 Å². The normalized spacial score (nSPS) is 15.0. The number of hydrogen-bond acceptors (Lipinski definition) is 11. The molecule has 35 heavy (non-hydrogen) atoms. The van der Waals surface area contributed by atoms with Crippen LogP contribution in [0.5, 0.6) is 11.5 Å². The van der Waals surface area contributed by atoms with E-state index in [4.69, 9.17) is 9.47 Å². The lowest BCUT2D eigenvalue weighted by Gasteiger charge is -2.34. The fourth-order valence-corrected chi connectivity index (χ4v) is 6.19. The molecule has 11 nitrogen and oxygen atoms in total. The first kappa shape index (κ1) is 24.8. The average molecular weight is 537 g/mol. The van der Waals surface area contributed by atoms with Crippen LogP contribution in [0.1, 0.15) is 0 Å². The molecule has 1 aromatic heterocycles. The standard InChI is InChI=1S/C21H20N4O7S3/c1-30-13-7-9-14(10-8-13)35(28,29)25-11-17(32-16-6-4-3-5-15(16)25)19(27)22-20-23-24-21(34-20)33-12-18(26)31-2/h3-10,17H,11-12H2,1-2H3,(H,22,23,27)/t17-/m1/s1. The Kier molecular flexibility index (Phi) is 7.42. The van der Waals surface area contributed by atoms with Crippen molar-refractivity contribution in [2.45, 2.75) is 15.3 Å². The summed E-state index contributed by atoms with van der Waals surface area (Å²) in [5, 5.41) is 10.6. The van der Waals surface area contributed by atoms with Gasteiger partial charge >= 0.3 is 5.97 Å². The van der Waals surface area contributed by atoms with Gasteiger partial charge in [-0.2, -0.15) is 0 Å². The van der Waals surface area contributed by atoms with Crippen LogP contribution in [0.15, 0.2) is 57.8 Å². The first-order valence-electron chi connectivity index (χ1n) is 10.1. The van der Waals surface area contributed by atoms with Crippen LogP contribution in [0, 0.1) is 0 Å². The second-order valence-corrected chi connectivity index (χ2v) is 11.1. The smallest absolute Gasteiger partial charge is 0.316 e. The SMILES string of the molecule is COC(=O)CSc1nnc(NC(=O)[C@H]2CN(S(=O)(=O)c3ccc(OC)cc3)c3ccccc3O2)s1. The van der Waals surface area contributed by atoms with Crippen LogP contribution < -0.4 is 19.1 Å². The number of nitrogens with one attached hydrogen (secondary N) is 1. The molecule has 1 aliphatic heterocycles. The number of hydrogen-bond donors (Lipinski definition) is 1. The number of benzene rings is 2. The number of para-hydroxylation sites is 2. The minimum absolute atomic E-state index is 0.0468. The molecule has 3 aromatic rings. The second kappa shape index (κ2) is 10.5. The maximum atomic E-state index is 13.5. The lowest BCUT2D eigenvalue weighted by molar-refractivity contribution is -0.137. The molecule has 184 valence electrons. The van der Waals surface area contributed by atoms with Gasteiger partial charge in [-0.05, 0) is 36.4 Å². The molecule has 1 amide bonds. The Balaban J connectivity index is 1.54. The number of esters is 1. The number of amides is 1. The summed E-state index contributed by atoms with van der Waals surface area (Å²) in [5.41, 5.74) is 0.324.